The summed E-state index contributed by atoms with van der Waals surface area (Å²) in [7, 11) is 0. The van der Waals surface area contributed by atoms with Gasteiger partial charge in [0.2, 0.25) is 0 Å². The van der Waals surface area contributed by atoms with Crippen molar-refractivity contribution in [3.05, 3.63) is 35.1 Å². The zero-order valence-electron chi connectivity index (χ0n) is 12.5. The van der Waals surface area contributed by atoms with Crippen molar-refractivity contribution < 1.29 is 13.9 Å². The molecule has 1 amide bonds. The molecule has 0 aliphatic heterocycles. The lowest BCUT2D eigenvalue weighted by Crippen LogP contribution is -2.36. The molecule has 1 rings (SSSR count). The second kappa shape index (κ2) is 6.70. The Bertz CT molecular complexity index is 469. The first-order valence-corrected chi connectivity index (χ1v) is 6.66. The van der Waals surface area contributed by atoms with Gasteiger partial charge >= 0.3 is 6.09 Å². The van der Waals surface area contributed by atoms with E-state index in [-0.39, 0.29) is 11.7 Å². The van der Waals surface area contributed by atoms with Crippen LogP contribution in [0, 0.1) is 12.7 Å². The van der Waals surface area contributed by atoms with Crippen molar-refractivity contribution in [2.24, 2.45) is 5.73 Å². The molecule has 3 N–H and O–H groups in total. The van der Waals surface area contributed by atoms with Crippen LogP contribution in [-0.2, 0) is 4.74 Å². The summed E-state index contributed by atoms with van der Waals surface area (Å²) >= 11 is 0. The van der Waals surface area contributed by atoms with Crippen LogP contribution in [-0.4, -0.2) is 24.8 Å². The number of alkyl carbamates (subject to hydrolysis) is 1. The predicted octanol–water partition coefficient (Wildman–Crippen LogP) is 2.70. The molecule has 1 aromatic carbocycles. The van der Waals surface area contributed by atoms with Gasteiger partial charge in [0.15, 0.2) is 0 Å². The molecule has 0 aromatic heterocycles. The summed E-state index contributed by atoms with van der Waals surface area (Å²) in [5.74, 6) is -0.445. The Hall–Kier alpha value is -1.62. The average Bonchev–Trinajstić information content (AvgIpc) is 2.32. The lowest BCUT2D eigenvalue weighted by atomic mass is 9.94. The first-order valence-electron chi connectivity index (χ1n) is 6.66. The smallest absolute Gasteiger partial charge is 0.407 e. The third kappa shape index (κ3) is 5.17. The van der Waals surface area contributed by atoms with Gasteiger partial charge < -0.3 is 15.8 Å². The normalized spacial score (nSPS) is 12.9. The summed E-state index contributed by atoms with van der Waals surface area (Å²) in [6, 6.07) is 4.58. The highest BCUT2D eigenvalue weighted by atomic mass is 19.1. The highest BCUT2D eigenvalue weighted by molar-refractivity contribution is 5.67. The van der Waals surface area contributed by atoms with Crippen LogP contribution < -0.4 is 11.1 Å². The molecule has 112 valence electrons. The molecule has 0 bridgehead atoms. The highest BCUT2D eigenvalue weighted by Crippen LogP contribution is 2.20. The van der Waals surface area contributed by atoms with E-state index < -0.39 is 11.7 Å². The van der Waals surface area contributed by atoms with Gasteiger partial charge in [-0.1, -0.05) is 6.07 Å². The van der Waals surface area contributed by atoms with Gasteiger partial charge in [0.05, 0.1) is 0 Å². The van der Waals surface area contributed by atoms with Crippen molar-refractivity contribution in [1.29, 1.82) is 0 Å². The minimum Gasteiger partial charge on any atom is -0.444 e. The van der Waals surface area contributed by atoms with Crippen LogP contribution in [0.3, 0.4) is 0 Å². The van der Waals surface area contributed by atoms with E-state index in [0.29, 0.717) is 13.1 Å². The molecule has 0 heterocycles. The summed E-state index contributed by atoms with van der Waals surface area (Å²) in [4.78, 5) is 11.6. The second-order valence-electron chi connectivity index (χ2n) is 5.82. The number of amides is 1. The first kappa shape index (κ1) is 16.4. The third-order valence-electron chi connectivity index (χ3n) is 2.86. The molecule has 0 fully saturated rings. The number of carbonyl (C=O) groups excluding carboxylic acids is 1. The van der Waals surface area contributed by atoms with Gasteiger partial charge in [0.1, 0.15) is 11.4 Å². The van der Waals surface area contributed by atoms with Gasteiger partial charge in [-0.25, -0.2) is 9.18 Å². The monoisotopic (exact) mass is 282 g/mol. The lowest BCUT2D eigenvalue weighted by molar-refractivity contribution is 0.0525. The number of ether oxygens (including phenoxy) is 1. The molecule has 1 atom stereocenters. The molecule has 0 saturated carbocycles. The SMILES string of the molecule is Cc1ccc(F)cc1C(CN)CNC(=O)OC(C)(C)C. The largest absolute Gasteiger partial charge is 0.444 e. The number of benzene rings is 1. The zero-order valence-corrected chi connectivity index (χ0v) is 12.5. The summed E-state index contributed by atoms with van der Waals surface area (Å²) in [6.45, 7) is 7.91. The Morgan fingerprint density at radius 1 is 1.45 bits per heavy atom. The van der Waals surface area contributed by atoms with Crippen molar-refractivity contribution in [3.8, 4) is 0 Å². The Labute approximate surface area is 119 Å². The second-order valence-corrected chi connectivity index (χ2v) is 5.82. The van der Waals surface area contributed by atoms with Crippen LogP contribution >= 0.6 is 0 Å². The molecule has 20 heavy (non-hydrogen) atoms. The molecule has 1 unspecified atom stereocenters. The number of halogens is 1. The summed E-state index contributed by atoms with van der Waals surface area (Å²) in [5, 5.41) is 2.67. The lowest BCUT2D eigenvalue weighted by Gasteiger charge is -2.22. The molecule has 4 nitrogen and oxygen atoms in total. The molecular weight excluding hydrogens is 259 g/mol. The van der Waals surface area contributed by atoms with E-state index in [4.69, 9.17) is 10.5 Å². The number of hydrogen-bond donors (Lipinski definition) is 2. The minimum absolute atomic E-state index is 0.141. The first-order chi connectivity index (χ1) is 9.23. The summed E-state index contributed by atoms with van der Waals surface area (Å²) in [6.07, 6.45) is -0.495. The number of carbonyl (C=O) groups is 1. The summed E-state index contributed by atoms with van der Waals surface area (Å²) in [5.41, 5.74) is 6.94. The number of nitrogens with one attached hydrogen (secondary N) is 1. The van der Waals surface area contributed by atoms with E-state index in [1.807, 2.05) is 6.92 Å². The maximum atomic E-state index is 13.3. The number of aryl methyl sites for hydroxylation is 1. The average molecular weight is 282 g/mol. The predicted molar refractivity (Wildman–Crippen MR) is 77.2 cm³/mol. The van der Waals surface area contributed by atoms with Crippen LogP contribution in [0.2, 0.25) is 0 Å². The van der Waals surface area contributed by atoms with E-state index in [9.17, 15) is 9.18 Å². The van der Waals surface area contributed by atoms with Gasteiger partial charge in [0, 0.05) is 19.0 Å². The zero-order chi connectivity index (χ0) is 15.3. The van der Waals surface area contributed by atoms with Gasteiger partial charge in [-0.15, -0.1) is 0 Å². The maximum Gasteiger partial charge on any atom is 0.407 e. The van der Waals surface area contributed by atoms with Gasteiger partial charge in [-0.3, -0.25) is 0 Å². The van der Waals surface area contributed by atoms with Crippen LogP contribution in [0.25, 0.3) is 0 Å². The molecule has 0 aliphatic rings. The molecular formula is C15H23FN2O2. The molecule has 0 spiro atoms. The Balaban J connectivity index is 2.68. The fourth-order valence-corrected chi connectivity index (χ4v) is 1.89. The van der Waals surface area contributed by atoms with Crippen molar-refractivity contribution in [1.82, 2.24) is 5.32 Å². The molecule has 0 saturated heterocycles. The highest BCUT2D eigenvalue weighted by Gasteiger charge is 2.18. The fourth-order valence-electron chi connectivity index (χ4n) is 1.89. The Morgan fingerprint density at radius 2 is 2.10 bits per heavy atom. The van der Waals surface area contributed by atoms with E-state index in [1.165, 1.54) is 12.1 Å². The molecule has 5 heteroatoms. The quantitative estimate of drug-likeness (QED) is 0.892. The Morgan fingerprint density at radius 3 is 2.65 bits per heavy atom. The number of hydrogen-bond acceptors (Lipinski definition) is 3. The van der Waals surface area contributed by atoms with Crippen LogP contribution in [0.15, 0.2) is 18.2 Å². The van der Waals surface area contributed by atoms with E-state index >= 15 is 0 Å². The van der Waals surface area contributed by atoms with Crippen molar-refractivity contribution in [2.45, 2.75) is 39.2 Å². The minimum atomic E-state index is -0.545. The molecule has 1 aromatic rings. The topological polar surface area (TPSA) is 64.3 Å². The number of rotatable bonds is 4. The van der Waals surface area contributed by atoms with E-state index in [0.717, 1.165) is 11.1 Å². The van der Waals surface area contributed by atoms with Gasteiger partial charge in [-0.05, 0) is 51.0 Å². The van der Waals surface area contributed by atoms with Gasteiger partial charge in [0.25, 0.3) is 0 Å². The van der Waals surface area contributed by atoms with E-state index in [1.54, 1.807) is 26.8 Å². The standard InChI is InChI=1S/C15H23FN2O2/c1-10-5-6-12(16)7-13(10)11(8-17)9-18-14(19)20-15(2,3)4/h5-7,11H,8-9,17H2,1-4H3,(H,18,19). The van der Waals surface area contributed by atoms with Crippen LogP contribution in [0.5, 0.6) is 0 Å². The maximum absolute atomic E-state index is 13.3. The number of nitrogens with two attached hydrogens (primary N) is 1. The summed E-state index contributed by atoms with van der Waals surface area (Å²) < 4.78 is 18.5. The molecule has 0 aliphatic carbocycles. The van der Waals surface area contributed by atoms with Crippen molar-refractivity contribution >= 4 is 6.09 Å². The van der Waals surface area contributed by atoms with E-state index in [2.05, 4.69) is 5.32 Å². The van der Waals surface area contributed by atoms with Crippen molar-refractivity contribution in [2.75, 3.05) is 13.1 Å². The Kier molecular flexibility index (Phi) is 5.51. The van der Waals surface area contributed by atoms with Crippen LogP contribution in [0.1, 0.15) is 37.8 Å². The van der Waals surface area contributed by atoms with Crippen LogP contribution in [0.4, 0.5) is 9.18 Å². The van der Waals surface area contributed by atoms with Crippen molar-refractivity contribution in [3.63, 3.8) is 0 Å². The van der Waals surface area contributed by atoms with Gasteiger partial charge in [-0.2, -0.15) is 0 Å². The molecule has 0 radical (unpaired) electrons. The fraction of sp³-hybridized carbons (Fsp3) is 0.533. The third-order valence-corrected chi connectivity index (χ3v) is 2.86.